The first-order valence-electron chi connectivity index (χ1n) is 6.19. The van der Waals surface area contributed by atoms with Crippen LogP contribution in [0, 0.1) is 0 Å². The fraction of sp³-hybridized carbons (Fsp3) is 0.357. The lowest BCUT2D eigenvalue weighted by Gasteiger charge is -2.06. The number of nitrogens with one attached hydrogen (secondary N) is 1. The highest BCUT2D eigenvalue weighted by Gasteiger charge is 2.06. The van der Waals surface area contributed by atoms with Gasteiger partial charge in [0.25, 0.3) is 11.3 Å². The Morgan fingerprint density at radius 2 is 2.00 bits per heavy atom. The molecule has 0 aliphatic carbocycles. The van der Waals surface area contributed by atoms with Gasteiger partial charge in [0.1, 0.15) is 0 Å². The second-order valence-electron chi connectivity index (χ2n) is 4.24. The minimum absolute atomic E-state index is 0.121. The molecule has 6 heteroatoms. The van der Waals surface area contributed by atoms with Gasteiger partial charge in [0.05, 0.1) is 10.7 Å². The topological polar surface area (TPSA) is 29.1 Å². The Bertz CT molecular complexity index is 490. The van der Waals surface area contributed by atoms with E-state index in [1.807, 2.05) is 0 Å². The molecule has 20 heavy (non-hydrogen) atoms. The third kappa shape index (κ3) is 6.39. The number of amides is 1. The van der Waals surface area contributed by atoms with Gasteiger partial charge in [-0.3, -0.25) is 4.79 Å². The first-order chi connectivity index (χ1) is 9.50. The number of hydrogen-bond donors (Lipinski definition) is 1. The normalized spacial score (nSPS) is 10.2. The predicted molar refractivity (Wildman–Crippen MR) is 81.7 cm³/mol. The van der Waals surface area contributed by atoms with Crippen molar-refractivity contribution in [3.8, 4) is 0 Å². The summed E-state index contributed by atoms with van der Waals surface area (Å²) in [4.78, 5) is 11.6. The van der Waals surface area contributed by atoms with Crippen LogP contribution in [0.5, 0.6) is 0 Å². The number of allylic oxidation sites excluding steroid dienone is 1. The molecule has 0 heterocycles. The van der Waals surface area contributed by atoms with Crippen molar-refractivity contribution in [2.75, 3.05) is 11.1 Å². The summed E-state index contributed by atoms with van der Waals surface area (Å²) in [6.45, 7) is 1.42. The van der Waals surface area contributed by atoms with E-state index in [4.69, 9.17) is 11.6 Å². The molecule has 1 aromatic rings. The lowest BCUT2D eigenvalue weighted by Crippen LogP contribution is -2.06. The number of carbonyl (C=O) groups is 1. The Kier molecular flexibility index (Phi) is 7.62. The zero-order chi connectivity index (χ0) is 15.0. The summed E-state index contributed by atoms with van der Waals surface area (Å²) in [5.74, 6) is 0.595. The van der Waals surface area contributed by atoms with Crippen LogP contribution in [0.15, 0.2) is 35.9 Å². The SMILES string of the molecule is CC(CCCCSC(=O)Nc1ccccc1Cl)=C(F)F. The maximum atomic E-state index is 12.1. The number of halogens is 3. The Balaban J connectivity index is 2.21. The highest BCUT2D eigenvalue weighted by Crippen LogP contribution is 2.22. The number of carbonyl (C=O) groups excluding carboxylic acids is 1. The van der Waals surface area contributed by atoms with E-state index in [1.165, 1.54) is 6.92 Å². The van der Waals surface area contributed by atoms with Crippen molar-refractivity contribution in [2.45, 2.75) is 26.2 Å². The summed E-state index contributed by atoms with van der Waals surface area (Å²) in [5, 5.41) is 2.99. The van der Waals surface area contributed by atoms with Crippen LogP contribution in [-0.4, -0.2) is 11.0 Å². The summed E-state index contributed by atoms with van der Waals surface area (Å²) in [7, 11) is 0. The highest BCUT2D eigenvalue weighted by molar-refractivity contribution is 8.13. The van der Waals surface area contributed by atoms with Crippen molar-refractivity contribution in [3.05, 3.63) is 40.9 Å². The van der Waals surface area contributed by atoms with Gasteiger partial charge in [0, 0.05) is 5.75 Å². The molecular formula is C14H16ClF2NOS. The fourth-order valence-electron chi connectivity index (χ4n) is 1.46. The summed E-state index contributed by atoms with van der Waals surface area (Å²) in [6.07, 6.45) is 0.129. The van der Waals surface area contributed by atoms with E-state index in [0.29, 0.717) is 35.7 Å². The summed E-state index contributed by atoms with van der Waals surface area (Å²) in [5.41, 5.74) is 0.695. The second-order valence-corrected chi connectivity index (χ2v) is 5.71. The van der Waals surface area contributed by atoms with Crippen LogP contribution in [0.4, 0.5) is 19.3 Å². The van der Waals surface area contributed by atoms with Crippen molar-refractivity contribution < 1.29 is 13.6 Å². The maximum absolute atomic E-state index is 12.1. The average molecular weight is 320 g/mol. The summed E-state index contributed by atoms with van der Waals surface area (Å²) in [6, 6.07) is 6.99. The van der Waals surface area contributed by atoms with E-state index >= 15 is 0 Å². The van der Waals surface area contributed by atoms with E-state index in [9.17, 15) is 13.6 Å². The zero-order valence-corrected chi connectivity index (χ0v) is 12.7. The molecule has 0 aromatic heterocycles. The molecule has 1 rings (SSSR count). The van der Waals surface area contributed by atoms with E-state index in [1.54, 1.807) is 24.3 Å². The Hall–Kier alpha value is -1.07. The standard InChI is InChI=1S/C14H16ClF2NOS/c1-10(13(16)17)6-4-5-9-20-14(19)18-12-8-3-2-7-11(12)15/h2-3,7-8H,4-6,9H2,1H3,(H,18,19). The minimum Gasteiger partial charge on any atom is -0.315 e. The van der Waals surface area contributed by atoms with Crippen LogP contribution in [0.2, 0.25) is 5.02 Å². The van der Waals surface area contributed by atoms with Crippen LogP contribution in [0.1, 0.15) is 26.2 Å². The Morgan fingerprint density at radius 1 is 1.30 bits per heavy atom. The van der Waals surface area contributed by atoms with Gasteiger partial charge < -0.3 is 5.32 Å². The molecule has 0 aliphatic rings. The first kappa shape index (κ1) is 17.0. The van der Waals surface area contributed by atoms with Crippen molar-refractivity contribution in [1.29, 1.82) is 0 Å². The molecule has 1 N–H and O–H groups in total. The molecule has 1 aromatic carbocycles. The van der Waals surface area contributed by atoms with Crippen molar-refractivity contribution in [1.82, 2.24) is 0 Å². The number of hydrogen-bond acceptors (Lipinski definition) is 2. The first-order valence-corrected chi connectivity index (χ1v) is 7.56. The van der Waals surface area contributed by atoms with Gasteiger partial charge in [-0.1, -0.05) is 35.5 Å². The van der Waals surface area contributed by atoms with Gasteiger partial charge in [0.2, 0.25) is 0 Å². The Morgan fingerprint density at radius 3 is 2.65 bits per heavy atom. The van der Waals surface area contributed by atoms with Crippen molar-refractivity contribution >= 4 is 34.3 Å². The van der Waals surface area contributed by atoms with Crippen molar-refractivity contribution in [3.63, 3.8) is 0 Å². The molecule has 0 saturated carbocycles. The monoisotopic (exact) mass is 319 g/mol. The van der Waals surface area contributed by atoms with Crippen LogP contribution in [0.3, 0.4) is 0 Å². The molecule has 110 valence electrons. The summed E-state index contributed by atoms with van der Waals surface area (Å²) < 4.78 is 24.3. The van der Waals surface area contributed by atoms with Gasteiger partial charge in [0.15, 0.2) is 0 Å². The third-order valence-electron chi connectivity index (χ3n) is 2.61. The van der Waals surface area contributed by atoms with Crippen molar-refractivity contribution in [2.24, 2.45) is 0 Å². The molecule has 0 aliphatic heterocycles. The van der Waals surface area contributed by atoms with Crippen LogP contribution in [0.25, 0.3) is 0 Å². The fourth-order valence-corrected chi connectivity index (χ4v) is 2.36. The van der Waals surface area contributed by atoms with Gasteiger partial charge in [-0.25, -0.2) is 0 Å². The summed E-state index contributed by atoms with van der Waals surface area (Å²) >= 11 is 7.04. The van der Waals surface area contributed by atoms with E-state index in [-0.39, 0.29) is 10.8 Å². The molecule has 0 saturated heterocycles. The lowest BCUT2D eigenvalue weighted by atomic mass is 10.1. The smallest absolute Gasteiger partial charge is 0.283 e. The molecule has 0 spiro atoms. The molecular weight excluding hydrogens is 304 g/mol. The maximum Gasteiger partial charge on any atom is 0.283 e. The second kappa shape index (κ2) is 8.97. The molecule has 0 radical (unpaired) electrons. The molecule has 0 unspecified atom stereocenters. The van der Waals surface area contributed by atoms with E-state index in [2.05, 4.69) is 5.32 Å². The average Bonchev–Trinajstić information content (AvgIpc) is 2.40. The molecule has 0 fully saturated rings. The molecule has 0 atom stereocenters. The van der Waals surface area contributed by atoms with Gasteiger partial charge >= 0.3 is 0 Å². The number of benzene rings is 1. The van der Waals surface area contributed by atoms with E-state index in [0.717, 1.165) is 11.8 Å². The quantitative estimate of drug-likeness (QED) is 0.657. The van der Waals surface area contributed by atoms with E-state index < -0.39 is 6.08 Å². The van der Waals surface area contributed by atoms with Gasteiger partial charge in [-0.2, -0.15) is 8.78 Å². The molecule has 0 bridgehead atoms. The Labute approximate surface area is 126 Å². The van der Waals surface area contributed by atoms with Gasteiger partial charge in [-0.05, 0) is 43.9 Å². The zero-order valence-electron chi connectivity index (χ0n) is 11.1. The number of para-hydroxylation sites is 1. The number of anilines is 1. The largest absolute Gasteiger partial charge is 0.315 e. The third-order valence-corrected chi connectivity index (χ3v) is 3.80. The molecule has 2 nitrogen and oxygen atoms in total. The van der Waals surface area contributed by atoms with Crippen LogP contribution in [-0.2, 0) is 0 Å². The predicted octanol–water partition coefficient (Wildman–Crippen LogP) is 5.95. The van der Waals surface area contributed by atoms with Gasteiger partial charge in [-0.15, -0.1) is 0 Å². The highest BCUT2D eigenvalue weighted by atomic mass is 35.5. The van der Waals surface area contributed by atoms with Crippen LogP contribution < -0.4 is 5.32 Å². The lowest BCUT2D eigenvalue weighted by molar-refractivity contribution is 0.269. The number of unbranched alkanes of at least 4 members (excludes halogenated alkanes) is 1. The van der Waals surface area contributed by atoms with Crippen LogP contribution >= 0.6 is 23.4 Å². The minimum atomic E-state index is -1.60. The molecule has 1 amide bonds. The number of rotatable bonds is 6. The number of thioether (sulfide) groups is 1.